The maximum Gasteiger partial charge on any atom is 0.0708 e. The maximum atomic E-state index is 5.01. The van der Waals surface area contributed by atoms with E-state index in [9.17, 15) is 0 Å². The van der Waals surface area contributed by atoms with Gasteiger partial charge in [0.05, 0.1) is 5.69 Å². The van der Waals surface area contributed by atoms with Gasteiger partial charge in [-0.25, -0.2) is 0 Å². The Morgan fingerprint density at radius 2 is 0.583 bits per heavy atom. The Kier molecular flexibility index (Phi) is 5.94. The van der Waals surface area contributed by atoms with Crippen molar-refractivity contribution in [2.45, 2.75) is 0 Å². The van der Waals surface area contributed by atoms with E-state index < -0.39 is 0 Å². The first-order valence-corrected chi connectivity index (χ1v) is 16.5. The van der Waals surface area contributed by atoms with E-state index >= 15 is 0 Å². The number of fused-ring (bicyclic) bond motifs is 12. The van der Waals surface area contributed by atoms with Crippen molar-refractivity contribution in [2.75, 3.05) is 0 Å². The van der Waals surface area contributed by atoms with Crippen LogP contribution in [0, 0.1) is 0 Å². The van der Waals surface area contributed by atoms with Crippen LogP contribution >= 0.6 is 0 Å². The van der Waals surface area contributed by atoms with Gasteiger partial charge in [0.2, 0.25) is 0 Å². The summed E-state index contributed by atoms with van der Waals surface area (Å²) < 4.78 is 0. The molecular formula is C47H29N. The summed E-state index contributed by atoms with van der Waals surface area (Å²) in [6.07, 6.45) is 2.05. The lowest BCUT2D eigenvalue weighted by molar-refractivity contribution is 1.36. The molecule has 1 heterocycles. The van der Waals surface area contributed by atoms with Gasteiger partial charge in [0.25, 0.3) is 0 Å². The third kappa shape index (κ3) is 4.15. The molecule has 0 saturated heterocycles. The highest BCUT2D eigenvalue weighted by molar-refractivity contribution is 6.26. The number of rotatable bonds is 3. The third-order valence-electron chi connectivity index (χ3n) is 10.1. The molecule has 0 amide bonds. The second-order valence-corrected chi connectivity index (χ2v) is 12.7. The molecule has 0 N–H and O–H groups in total. The molecule has 10 rings (SSSR count). The second kappa shape index (κ2) is 10.6. The summed E-state index contributed by atoms with van der Waals surface area (Å²) >= 11 is 0. The van der Waals surface area contributed by atoms with Crippen molar-refractivity contribution in [1.82, 2.24) is 4.98 Å². The molecule has 10 aromatic rings. The number of nitrogens with zero attached hydrogens (tertiary/aromatic N) is 1. The molecule has 1 aromatic heterocycles. The minimum Gasteiger partial charge on any atom is -0.256 e. The quantitative estimate of drug-likeness (QED) is 0.182. The van der Waals surface area contributed by atoms with Crippen LogP contribution in [0.25, 0.3) is 98.1 Å². The Hall–Kier alpha value is -6.31. The van der Waals surface area contributed by atoms with E-state index in [-0.39, 0.29) is 0 Å². The smallest absolute Gasteiger partial charge is 0.0708 e. The molecule has 1 heteroatoms. The van der Waals surface area contributed by atoms with Crippen LogP contribution in [0.4, 0.5) is 0 Å². The first-order valence-electron chi connectivity index (χ1n) is 16.5. The summed E-state index contributed by atoms with van der Waals surface area (Å²) in [4.78, 5) is 5.01. The summed E-state index contributed by atoms with van der Waals surface area (Å²) in [6.45, 7) is 0. The molecule has 0 aliphatic carbocycles. The van der Waals surface area contributed by atoms with Gasteiger partial charge in [-0.2, -0.15) is 0 Å². The molecular weight excluding hydrogens is 579 g/mol. The SMILES string of the molecule is c1cc(-c2cccc(-c3cc4c5ccccc5c5ccccc5c4cn3)c2)cc(-c2ccc3c4ccccc4c4ccccc4c3c2)c1. The zero-order valence-electron chi connectivity index (χ0n) is 26.2. The first kappa shape index (κ1) is 26.9. The van der Waals surface area contributed by atoms with Crippen molar-refractivity contribution in [2.24, 2.45) is 0 Å². The van der Waals surface area contributed by atoms with Gasteiger partial charge in [-0.05, 0) is 106 Å². The predicted octanol–water partition coefficient (Wildman–Crippen LogP) is 13.0. The lowest BCUT2D eigenvalue weighted by atomic mass is 9.91. The summed E-state index contributed by atoms with van der Waals surface area (Å²) in [5.41, 5.74) is 6.89. The largest absolute Gasteiger partial charge is 0.256 e. The number of benzene rings is 9. The highest BCUT2D eigenvalue weighted by Gasteiger charge is 2.13. The number of pyridine rings is 1. The zero-order chi connectivity index (χ0) is 31.6. The lowest BCUT2D eigenvalue weighted by Gasteiger charge is -2.13. The van der Waals surface area contributed by atoms with E-state index in [2.05, 4.69) is 176 Å². The monoisotopic (exact) mass is 607 g/mol. The van der Waals surface area contributed by atoms with Crippen LogP contribution < -0.4 is 0 Å². The lowest BCUT2D eigenvalue weighted by Crippen LogP contribution is -1.89. The summed E-state index contributed by atoms with van der Waals surface area (Å²) in [5.74, 6) is 0. The molecule has 0 aliphatic rings. The maximum absolute atomic E-state index is 5.01. The van der Waals surface area contributed by atoms with Gasteiger partial charge in [-0.1, -0.05) is 146 Å². The highest BCUT2D eigenvalue weighted by Crippen LogP contribution is 2.39. The minimum absolute atomic E-state index is 0.981. The topological polar surface area (TPSA) is 12.9 Å². The Labute approximate surface area is 278 Å². The van der Waals surface area contributed by atoms with Gasteiger partial charge >= 0.3 is 0 Å². The van der Waals surface area contributed by atoms with Crippen molar-refractivity contribution in [3.8, 4) is 33.5 Å². The zero-order valence-corrected chi connectivity index (χ0v) is 26.2. The Bertz CT molecular complexity index is 2630. The van der Waals surface area contributed by atoms with Gasteiger partial charge < -0.3 is 0 Å². The van der Waals surface area contributed by atoms with E-state index in [1.165, 1.54) is 86.9 Å². The van der Waals surface area contributed by atoms with E-state index in [4.69, 9.17) is 4.98 Å². The first-order chi connectivity index (χ1) is 23.8. The second-order valence-electron chi connectivity index (χ2n) is 12.7. The normalized spacial score (nSPS) is 11.8. The van der Waals surface area contributed by atoms with Gasteiger partial charge in [-0.15, -0.1) is 0 Å². The molecule has 9 aromatic carbocycles. The van der Waals surface area contributed by atoms with Crippen LogP contribution in [0.1, 0.15) is 0 Å². The highest BCUT2D eigenvalue weighted by atomic mass is 14.7. The fourth-order valence-corrected chi connectivity index (χ4v) is 7.78. The van der Waals surface area contributed by atoms with Crippen LogP contribution in [0.15, 0.2) is 176 Å². The molecule has 0 atom stereocenters. The molecule has 0 aliphatic heterocycles. The third-order valence-corrected chi connectivity index (χ3v) is 10.1. The number of hydrogen-bond acceptors (Lipinski definition) is 1. The standard InChI is InChI=1S/C47H29N/c1-2-19-39-35(15-1)36-16-3-6-20-40(36)44-27-33(23-24-43(39)44)31-12-9-11-30(25-31)32-13-10-14-34(26-32)47-28-45-41-21-7-4-17-37(41)38-18-5-8-22-42(38)46(45)29-48-47/h1-29H. The van der Waals surface area contributed by atoms with Gasteiger partial charge in [0.15, 0.2) is 0 Å². The summed E-state index contributed by atoms with van der Waals surface area (Å²) in [5, 5.41) is 15.2. The fourth-order valence-electron chi connectivity index (χ4n) is 7.78. The van der Waals surface area contributed by atoms with E-state index in [1.807, 2.05) is 0 Å². The summed E-state index contributed by atoms with van der Waals surface area (Å²) in [6, 6.07) is 61.8. The molecule has 0 unspecified atom stereocenters. The van der Waals surface area contributed by atoms with E-state index in [0.29, 0.717) is 0 Å². The van der Waals surface area contributed by atoms with Crippen molar-refractivity contribution in [3.63, 3.8) is 0 Å². The van der Waals surface area contributed by atoms with Crippen molar-refractivity contribution in [1.29, 1.82) is 0 Å². The number of hydrogen-bond donors (Lipinski definition) is 0. The van der Waals surface area contributed by atoms with Crippen molar-refractivity contribution in [3.05, 3.63) is 176 Å². The Morgan fingerprint density at radius 1 is 0.229 bits per heavy atom. The van der Waals surface area contributed by atoms with Gasteiger partial charge in [0.1, 0.15) is 0 Å². The molecule has 0 bridgehead atoms. The number of aromatic nitrogens is 1. The van der Waals surface area contributed by atoms with Gasteiger partial charge in [-0.3, -0.25) is 4.98 Å². The predicted molar refractivity (Wildman–Crippen MR) is 206 cm³/mol. The van der Waals surface area contributed by atoms with Gasteiger partial charge in [0, 0.05) is 17.1 Å². The van der Waals surface area contributed by atoms with E-state index in [1.54, 1.807) is 0 Å². The van der Waals surface area contributed by atoms with Crippen LogP contribution in [0.2, 0.25) is 0 Å². The molecule has 1 nitrogen and oxygen atoms in total. The molecule has 48 heavy (non-hydrogen) atoms. The average molecular weight is 608 g/mol. The molecule has 0 spiro atoms. The Balaban J connectivity index is 1.08. The molecule has 222 valence electrons. The van der Waals surface area contributed by atoms with E-state index in [0.717, 1.165) is 11.3 Å². The van der Waals surface area contributed by atoms with Crippen LogP contribution in [0.5, 0.6) is 0 Å². The van der Waals surface area contributed by atoms with Crippen LogP contribution in [-0.4, -0.2) is 4.98 Å². The Morgan fingerprint density at radius 3 is 1.08 bits per heavy atom. The molecule has 0 saturated carbocycles. The fraction of sp³-hybridized carbons (Fsp3) is 0. The van der Waals surface area contributed by atoms with Crippen molar-refractivity contribution >= 4 is 64.6 Å². The summed E-state index contributed by atoms with van der Waals surface area (Å²) in [7, 11) is 0. The van der Waals surface area contributed by atoms with Crippen LogP contribution in [-0.2, 0) is 0 Å². The average Bonchev–Trinajstić information content (AvgIpc) is 3.18. The minimum atomic E-state index is 0.981. The molecule has 0 radical (unpaired) electrons. The van der Waals surface area contributed by atoms with Crippen LogP contribution in [0.3, 0.4) is 0 Å². The molecule has 0 fully saturated rings. The van der Waals surface area contributed by atoms with Crippen molar-refractivity contribution < 1.29 is 0 Å².